The van der Waals surface area contributed by atoms with Gasteiger partial charge in [-0.3, -0.25) is 0 Å². The third-order valence-corrected chi connectivity index (χ3v) is 2.68. The first-order chi connectivity index (χ1) is 7.81. The molecule has 0 spiro atoms. The fraction of sp³-hybridized carbons (Fsp3) is 0.417. The highest BCUT2D eigenvalue weighted by molar-refractivity contribution is 5.91. The molecule has 0 fully saturated rings. The molecule has 16 heavy (non-hydrogen) atoms. The van der Waals surface area contributed by atoms with Crippen molar-refractivity contribution in [1.29, 1.82) is 0 Å². The molecule has 0 saturated carbocycles. The Balaban J connectivity index is 2.17. The monoisotopic (exact) mass is 219 g/mol. The molecule has 4 heteroatoms. The van der Waals surface area contributed by atoms with Gasteiger partial charge in [-0.2, -0.15) is 0 Å². The Kier molecular flexibility index (Phi) is 3.29. The Morgan fingerprint density at radius 3 is 3.19 bits per heavy atom. The molecule has 1 aliphatic rings. The lowest BCUT2D eigenvalue weighted by Gasteiger charge is -2.21. The molecule has 0 aliphatic carbocycles. The molecule has 2 rings (SSSR count). The van der Waals surface area contributed by atoms with Crippen LogP contribution in [0.25, 0.3) is 0 Å². The molecular formula is C12H17N3O. The molecule has 0 bridgehead atoms. The summed E-state index contributed by atoms with van der Waals surface area (Å²) in [5, 5.41) is 8.95. The fourth-order valence-electron chi connectivity index (χ4n) is 1.95. The number of hydrogen-bond donors (Lipinski definition) is 3. The quantitative estimate of drug-likeness (QED) is 0.714. The Bertz CT molecular complexity index is 390. The van der Waals surface area contributed by atoms with Gasteiger partial charge in [-0.15, -0.1) is 0 Å². The van der Waals surface area contributed by atoms with Crippen molar-refractivity contribution < 1.29 is 4.79 Å². The molecule has 0 saturated heterocycles. The third kappa shape index (κ3) is 2.27. The number of benzene rings is 1. The summed E-state index contributed by atoms with van der Waals surface area (Å²) < 4.78 is 0. The van der Waals surface area contributed by atoms with Gasteiger partial charge in [-0.25, -0.2) is 4.79 Å². The summed E-state index contributed by atoms with van der Waals surface area (Å²) in [4.78, 5) is 11.5. The average Bonchev–Trinajstić information content (AvgIpc) is 2.30. The van der Waals surface area contributed by atoms with E-state index >= 15 is 0 Å². The second-order valence-electron chi connectivity index (χ2n) is 3.85. The predicted octanol–water partition coefficient (Wildman–Crippen LogP) is 2.19. The van der Waals surface area contributed by atoms with Crippen molar-refractivity contribution in [2.24, 2.45) is 0 Å². The van der Waals surface area contributed by atoms with E-state index in [0.29, 0.717) is 6.54 Å². The lowest BCUT2D eigenvalue weighted by molar-refractivity contribution is 0.252. The van der Waals surface area contributed by atoms with Crippen LogP contribution in [0.5, 0.6) is 0 Å². The van der Waals surface area contributed by atoms with Crippen molar-refractivity contribution in [3.8, 4) is 0 Å². The Morgan fingerprint density at radius 2 is 2.38 bits per heavy atom. The van der Waals surface area contributed by atoms with Gasteiger partial charge in [0.25, 0.3) is 0 Å². The highest BCUT2D eigenvalue weighted by atomic mass is 16.2. The van der Waals surface area contributed by atoms with Crippen molar-refractivity contribution in [2.75, 3.05) is 23.7 Å². The van der Waals surface area contributed by atoms with Gasteiger partial charge >= 0.3 is 6.03 Å². The van der Waals surface area contributed by atoms with E-state index in [0.717, 1.165) is 30.8 Å². The summed E-state index contributed by atoms with van der Waals surface area (Å²) in [7, 11) is 0. The van der Waals surface area contributed by atoms with Gasteiger partial charge in [0.1, 0.15) is 0 Å². The number of fused-ring (bicyclic) bond motifs is 1. The minimum atomic E-state index is -0.138. The molecule has 0 radical (unpaired) electrons. The smallest absolute Gasteiger partial charge is 0.319 e. The molecule has 1 heterocycles. The van der Waals surface area contributed by atoms with Gasteiger partial charge in [0.05, 0.1) is 0 Å². The standard InChI is InChI=1S/C12H17N3O/c1-2-13-12(16)15-11-7-3-6-10-9(11)5-4-8-14-10/h3,6-7,14H,2,4-5,8H2,1H3,(H2,13,15,16). The van der Waals surface area contributed by atoms with Gasteiger partial charge in [-0.1, -0.05) is 6.07 Å². The third-order valence-electron chi connectivity index (χ3n) is 2.68. The minimum absolute atomic E-state index is 0.138. The Labute approximate surface area is 95.4 Å². The van der Waals surface area contributed by atoms with Crippen LogP contribution in [0.2, 0.25) is 0 Å². The lowest BCUT2D eigenvalue weighted by atomic mass is 10.0. The second kappa shape index (κ2) is 4.88. The van der Waals surface area contributed by atoms with Crippen LogP contribution >= 0.6 is 0 Å². The topological polar surface area (TPSA) is 53.2 Å². The molecule has 1 aromatic rings. The van der Waals surface area contributed by atoms with E-state index in [4.69, 9.17) is 0 Å². The summed E-state index contributed by atoms with van der Waals surface area (Å²) in [5.74, 6) is 0. The Hall–Kier alpha value is -1.71. The van der Waals surface area contributed by atoms with E-state index in [9.17, 15) is 4.79 Å². The SMILES string of the molecule is CCNC(=O)Nc1cccc2c1CCCN2. The first-order valence-electron chi connectivity index (χ1n) is 5.72. The average molecular weight is 219 g/mol. The molecule has 86 valence electrons. The molecule has 4 nitrogen and oxygen atoms in total. The number of carbonyl (C=O) groups excluding carboxylic acids is 1. The highest BCUT2D eigenvalue weighted by Gasteiger charge is 2.13. The number of anilines is 2. The van der Waals surface area contributed by atoms with Crippen LogP contribution in [-0.4, -0.2) is 19.1 Å². The number of urea groups is 1. The van der Waals surface area contributed by atoms with Crippen LogP contribution in [0.3, 0.4) is 0 Å². The molecule has 0 atom stereocenters. The molecule has 0 unspecified atom stereocenters. The van der Waals surface area contributed by atoms with Crippen molar-refractivity contribution in [3.05, 3.63) is 23.8 Å². The van der Waals surface area contributed by atoms with Crippen LogP contribution in [0.1, 0.15) is 18.9 Å². The van der Waals surface area contributed by atoms with Crippen molar-refractivity contribution in [2.45, 2.75) is 19.8 Å². The summed E-state index contributed by atoms with van der Waals surface area (Å²) in [6, 6.07) is 5.82. The van der Waals surface area contributed by atoms with Crippen LogP contribution in [0.15, 0.2) is 18.2 Å². The molecular weight excluding hydrogens is 202 g/mol. The number of carbonyl (C=O) groups is 1. The zero-order chi connectivity index (χ0) is 11.4. The largest absolute Gasteiger partial charge is 0.385 e. The molecule has 1 aliphatic heterocycles. The maximum absolute atomic E-state index is 11.5. The summed E-state index contributed by atoms with van der Waals surface area (Å²) in [6.45, 7) is 3.55. The highest BCUT2D eigenvalue weighted by Crippen LogP contribution is 2.28. The second-order valence-corrected chi connectivity index (χ2v) is 3.85. The van der Waals surface area contributed by atoms with Gasteiger partial charge in [-0.05, 0) is 37.5 Å². The first kappa shape index (κ1) is 10.8. The van der Waals surface area contributed by atoms with Crippen molar-refractivity contribution in [1.82, 2.24) is 5.32 Å². The molecule has 2 amide bonds. The number of rotatable bonds is 2. The maximum Gasteiger partial charge on any atom is 0.319 e. The molecule has 3 N–H and O–H groups in total. The fourth-order valence-corrected chi connectivity index (χ4v) is 1.95. The predicted molar refractivity (Wildman–Crippen MR) is 65.9 cm³/mol. The maximum atomic E-state index is 11.5. The van der Waals surface area contributed by atoms with E-state index in [1.165, 1.54) is 5.56 Å². The summed E-state index contributed by atoms with van der Waals surface area (Å²) >= 11 is 0. The van der Waals surface area contributed by atoms with Gasteiger partial charge < -0.3 is 16.0 Å². The van der Waals surface area contributed by atoms with E-state index in [2.05, 4.69) is 22.0 Å². The summed E-state index contributed by atoms with van der Waals surface area (Å²) in [6.07, 6.45) is 2.13. The minimum Gasteiger partial charge on any atom is -0.385 e. The molecule has 0 aromatic heterocycles. The van der Waals surface area contributed by atoms with Crippen molar-refractivity contribution >= 4 is 17.4 Å². The first-order valence-corrected chi connectivity index (χ1v) is 5.72. The normalized spacial score (nSPS) is 13.6. The zero-order valence-corrected chi connectivity index (χ0v) is 9.47. The summed E-state index contributed by atoms with van der Waals surface area (Å²) in [5.41, 5.74) is 3.26. The van der Waals surface area contributed by atoms with Crippen LogP contribution in [0.4, 0.5) is 16.2 Å². The Morgan fingerprint density at radius 1 is 1.50 bits per heavy atom. The number of amides is 2. The van der Waals surface area contributed by atoms with Crippen LogP contribution < -0.4 is 16.0 Å². The van der Waals surface area contributed by atoms with Gasteiger partial charge in [0.2, 0.25) is 0 Å². The van der Waals surface area contributed by atoms with Crippen molar-refractivity contribution in [3.63, 3.8) is 0 Å². The van der Waals surface area contributed by atoms with Gasteiger partial charge in [0.15, 0.2) is 0 Å². The van der Waals surface area contributed by atoms with E-state index in [-0.39, 0.29) is 6.03 Å². The number of nitrogens with one attached hydrogen (secondary N) is 3. The lowest BCUT2D eigenvalue weighted by Crippen LogP contribution is -2.29. The van der Waals surface area contributed by atoms with E-state index in [1.807, 2.05) is 19.1 Å². The van der Waals surface area contributed by atoms with E-state index < -0.39 is 0 Å². The van der Waals surface area contributed by atoms with Gasteiger partial charge in [0, 0.05) is 24.5 Å². The number of hydrogen-bond acceptors (Lipinski definition) is 2. The van der Waals surface area contributed by atoms with Crippen LogP contribution in [-0.2, 0) is 6.42 Å². The van der Waals surface area contributed by atoms with Crippen LogP contribution in [0, 0.1) is 0 Å². The molecule has 1 aromatic carbocycles. The zero-order valence-electron chi connectivity index (χ0n) is 9.47. The van der Waals surface area contributed by atoms with E-state index in [1.54, 1.807) is 0 Å².